The molecule has 0 heterocycles. The largest absolute Gasteiger partial charge is 0.399 e. The Hall–Kier alpha value is -1.05. The number of nitrogen functional groups attached to an aromatic ring is 1. The van der Waals surface area contributed by atoms with Crippen molar-refractivity contribution in [1.82, 2.24) is 0 Å². The van der Waals surface area contributed by atoms with E-state index in [9.17, 15) is 8.42 Å². The zero-order chi connectivity index (χ0) is 14.9. The maximum absolute atomic E-state index is 12.3. The summed E-state index contributed by atoms with van der Waals surface area (Å²) in [5.41, 5.74) is 7.63. The molecule has 0 radical (unpaired) electrons. The summed E-state index contributed by atoms with van der Waals surface area (Å²) in [6, 6.07) is 9.91. The first-order valence-corrected chi connectivity index (χ1v) is 8.70. The number of benzene rings is 2. The first-order valence-electron chi connectivity index (χ1n) is 5.63. The first kappa shape index (κ1) is 15.3. The molecule has 0 saturated carbocycles. The molecule has 0 aliphatic rings. The van der Waals surface area contributed by atoms with Crippen LogP contribution in [0.5, 0.6) is 0 Å². The van der Waals surface area contributed by atoms with Crippen LogP contribution in [0.3, 0.4) is 0 Å². The van der Waals surface area contributed by atoms with Crippen LogP contribution in [0.2, 0.25) is 0 Å². The molecular formula is C13H12Br2N2O2S. The molecule has 0 fully saturated rings. The number of nitrogens with two attached hydrogens (primary N) is 1. The van der Waals surface area contributed by atoms with Crippen molar-refractivity contribution in [3.63, 3.8) is 0 Å². The minimum absolute atomic E-state index is 0.207. The molecule has 0 amide bonds. The summed E-state index contributed by atoms with van der Waals surface area (Å²) < 4.78 is 28.3. The predicted molar refractivity (Wildman–Crippen MR) is 88.2 cm³/mol. The minimum atomic E-state index is -3.64. The van der Waals surface area contributed by atoms with E-state index in [2.05, 4.69) is 36.6 Å². The summed E-state index contributed by atoms with van der Waals surface area (Å²) >= 11 is 6.60. The third-order valence-corrected chi connectivity index (χ3v) is 5.25. The van der Waals surface area contributed by atoms with Crippen LogP contribution in [0.15, 0.2) is 50.2 Å². The fourth-order valence-electron chi connectivity index (χ4n) is 1.60. The Kier molecular flexibility index (Phi) is 4.41. The molecule has 0 bridgehead atoms. The zero-order valence-electron chi connectivity index (χ0n) is 10.5. The quantitative estimate of drug-likeness (QED) is 0.741. The summed E-state index contributed by atoms with van der Waals surface area (Å²) in [6.07, 6.45) is 0. The Morgan fingerprint density at radius 1 is 1.05 bits per heavy atom. The monoisotopic (exact) mass is 418 g/mol. The van der Waals surface area contributed by atoms with Gasteiger partial charge in [0.25, 0.3) is 10.0 Å². The van der Waals surface area contributed by atoms with Crippen molar-refractivity contribution in [1.29, 1.82) is 0 Å². The Morgan fingerprint density at radius 2 is 1.55 bits per heavy atom. The number of hydrogen-bond acceptors (Lipinski definition) is 3. The highest BCUT2D eigenvalue weighted by atomic mass is 79.9. The Balaban J connectivity index is 2.41. The second-order valence-corrected chi connectivity index (χ2v) is 7.67. The fourth-order valence-corrected chi connectivity index (χ4v) is 4.38. The van der Waals surface area contributed by atoms with E-state index < -0.39 is 10.0 Å². The lowest BCUT2D eigenvalue weighted by Gasteiger charge is -2.12. The van der Waals surface area contributed by atoms with Gasteiger partial charge in [-0.25, -0.2) is 8.42 Å². The van der Waals surface area contributed by atoms with Crippen LogP contribution in [0, 0.1) is 6.92 Å². The first-order chi connectivity index (χ1) is 9.29. The minimum Gasteiger partial charge on any atom is -0.399 e. The second-order valence-electron chi connectivity index (χ2n) is 4.28. The van der Waals surface area contributed by atoms with Crippen LogP contribution >= 0.6 is 31.9 Å². The summed E-state index contributed by atoms with van der Waals surface area (Å²) in [6.45, 7) is 1.90. The van der Waals surface area contributed by atoms with Gasteiger partial charge in [0.2, 0.25) is 0 Å². The number of nitrogens with one attached hydrogen (secondary N) is 1. The van der Waals surface area contributed by atoms with Gasteiger partial charge in [-0.05, 0) is 63.0 Å². The third-order valence-electron chi connectivity index (χ3n) is 2.63. The Labute approximate surface area is 134 Å². The lowest BCUT2D eigenvalue weighted by atomic mass is 10.2. The van der Waals surface area contributed by atoms with Crippen LogP contribution in [0.1, 0.15) is 5.56 Å². The van der Waals surface area contributed by atoms with Crippen molar-refractivity contribution in [2.24, 2.45) is 0 Å². The van der Waals surface area contributed by atoms with Gasteiger partial charge in [-0.3, -0.25) is 4.72 Å². The average Bonchev–Trinajstić information content (AvgIpc) is 2.34. The smallest absolute Gasteiger partial charge is 0.261 e. The normalized spacial score (nSPS) is 11.3. The SMILES string of the molecule is Cc1ccc(S(=O)(=O)Nc2c(Br)cc(N)cc2Br)cc1. The third kappa shape index (κ3) is 3.34. The highest BCUT2D eigenvalue weighted by Gasteiger charge is 2.17. The van der Waals surface area contributed by atoms with Crippen molar-refractivity contribution in [3.05, 3.63) is 50.9 Å². The summed E-state index contributed by atoms with van der Waals surface area (Å²) in [5.74, 6) is 0. The molecule has 20 heavy (non-hydrogen) atoms. The van der Waals surface area contributed by atoms with Crippen LogP contribution in [-0.4, -0.2) is 8.42 Å². The molecule has 4 nitrogen and oxygen atoms in total. The topological polar surface area (TPSA) is 72.2 Å². The van der Waals surface area contributed by atoms with Crippen LogP contribution in [-0.2, 0) is 10.0 Å². The van der Waals surface area contributed by atoms with Crippen LogP contribution < -0.4 is 10.5 Å². The molecule has 0 saturated heterocycles. The molecular weight excluding hydrogens is 408 g/mol. The summed E-state index contributed by atoms with van der Waals surface area (Å²) in [5, 5.41) is 0. The van der Waals surface area contributed by atoms with E-state index in [-0.39, 0.29) is 4.90 Å². The van der Waals surface area contributed by atoms with Crippen molar-refractivity contribution in [2.45, 2.75) is 11.8 Å². The number of hydrogen-bond donors (Lipinski definition) is 2. The van der Waals surface area contributed by atoms with Gasteiger partial charge in [-0.1, -0.05) is 17.7 Å². The summed E-state index contributed by atoms with van der Waals surface area (Å²) in [4.78, 5) is 0.207. The molecule has 0 unspecified atom stereocenters. The Morgan fingerprint density at radius 3 is 2.05 bits per heavy atom. The molecule has 0 spiro atoms. The molecule has 0 aliphatic carbocycles. The molecule has 0 atom stereocenters. The zero-order valence-corrected chi connectivity index (χ0v) is 14.5. The van der Waals surface area contributed by atoms with Gasteiger partial charge in [0.1, 0.15) is 0 Å². The van der Waals surface area contributed by atoms with Gasteiger partial charge in [0, 0.05) is 14.6 Å². The molecule has 2 aromatic carbocycles. The molecule has 106 valence electrons. The predicted octanol–water partition coefficient (Wildman–Crippen LogP) is 3.90. The number of aryl methyl sites for hydroxylation is 1. The van der Waals surface area contributed by atoms with Gasteiger partial charge in [-0.15, -0.1) is 0 Å². The molecule has 2 aromatic rings. The van der Waals surface area contributed by atoms with Gasteiger partial charge in [0.05, 0.1) is 10.6 Å². The van der Waals surface area contributed by atoms with Crippen LogP contribution in [0.4, 0.5) is 11.4 Å². The number of halogens is 2. The van der Waals surface area contributed by atoms with E-state index in [0.717, 1.165) is 5.56 Å². The number of sulfonamides is 1. The number of rotatable bonds is 3. The molecule has 2 rings (SSSR count). The maximum Gasteiger partial charge on any atom is 0.261 e. The lowest BCUT2D eigenvalue weighted by molar-refractivity contribution is 0.601. The summed E-state index contributed by atoms with van der Waals surface area (Å²) in [7, 11) is -3.64. The standard InChI is InChI=1S/C13H12Br2N2O2S/c1-8-2-4-10(5-3-8)20(18,19)17-13-11(14)6-9(16)7-12(13)15/h2-7,17H,16H2,1H3. The highest BCUT2D eigenvalue weighted by Crippen LogP contribution is 2.34. The van der Waals surface area contributed by atoms with E-state index in [4.69, 9.17) is 5.73 Å². The highest BCUT2D eigenvalue weighted by molar-refractivity contribution is 9.11. The lowest BCUT2D eigenvalue weighted by Crippen LogP contribution is -2.13. The molecule has 0 aromatic heterocycles. The molecule has 0 aliphatic heterocycles. The van der Waals surface area contributed by atoms with Gasteiger partial charge in [0.15, 0.2) is 0 Å². The van der Waals surface area contributed by atoms with E-state index >= 15 is 0 Å². The van der Waals surface area contributed by atoms with Crippen LogP contribution in [0.25, 0.3) is 0 Å². The number of anilines is 2. The Bertz CT molecular complexity index is 720. The van der Waals surface area contributed by atoms with Gasteiger partial charge >= 0.3 is 0 Å². The molecule has 7 heteroatoms. The van der Waals surface area contributed by atoms with Gasteiger partial charge < -0.3 is 5.73 Å². The van der Waals surface area contributed by atoms with Crippen molar-refractivity contribution < 1.29 is 8.42 Å². The van der Waals surface area contributed by atoms with E-state index in [1.165, 1.54) is 0 Å². The molecule has 3 N–H and O–H groups in total. The average molecular weight is 420 g/mol. The second kappa shape index (κ2) is 5.75. The maximum atomic E-state index is 12.3. The van der Waals surface area contributed by atoms with Crippen molar-refractivity contribution in [2.75, 3.05) is 10.5 Å². The van der Waals surface area contributed by atoms with Gasteiger partial charge in [-0.2, -0.15) is 0 Å². The van der Waals surface area contributed by atoms with Crippen molar-refractivity contribution >= 4 is 53.3 Å². The van der Waals surface area contributed by atoms with E-state index in [0.29, 0.717) is 20.3 Å². The van der Waals surface area contributed by atoms with E-state index in [1.54, 1.807) is 36.4 Å². The fraction of sp³-hybridized carbons (Fsp3) is 0.0769. The van der Waals surface area contributed by atoms with E-state index in [1.807, 2.05) is 6.92 Å². The van der Waals surface area contributed by atoms with Crippen molar-refractivity contribution in [3.8, 4) is 0 Å².